The van der Waals surface area contributed by atoms with Gasteiger partial charge in [-0.25, -0.2) is 4.68 Å². The van der Waals surface area contributed by atoms with Crippen molar-refractivity contribution in [2.24, 2.45) is 7.05 Å². The molecule has 2 aromatic rings. The maximum atomic E-state index is 12.1. The van der Waals surface area contributed by atoms with Crippen LogP contribution in [0.4, 0.5) is 11.4 Å². The molecule has 0 spiro atoms. The minimum absolute atomic E-state index is 0.0632. The molecule has 1 heterocycles. The number of benzene rings is 1. The van der Waals surface area contributed by atoms with Gasteiger partial charge in [-0.2, -0.15) is 5.10 Å². The number of hydrogen-bond donors (Lipinski definition) is 1. The monoisotopic (exact) mass is 288 g/mol. The van der Waals surface area contributed by atoms with Gasteiger partial charge in [0.15, 0.2) is 11.4 Å². The number of carbonyl (C=O) groups excluding carboxylic acids is 1. The van der Waals surface area contributed by atoms with Gasteiger partial charge in [0.2, 0.25) is 0 Å². The average molecular weight is 288 g/mol. The van der Waals surface area contributed by atoms with Crippen molar-refractivity contribution < 1.29 is 14.6 Å². The summed E-state index contributed by atoms with van der Waals surface area (Å²) in [5, 5.41) is 17.5. The number of anilines is 2. The van der Waals surface area contributed by atoms with E-state index in [0.29, 0.717) is 18.0 Å². The predicted molar refractivity (Wildman–Crippen MR) is 74.7 cm³/mol. The van der Waals surface area contributed by atoms with Crippen molar-refractivity contribution in [3.05, 3.63) is 46.4 Å². The molecule has 0 saturated heterocycles. The van der Waals surface area contributed by atoms with E-state index in [1.165, 1.54) is 30.1 Å². The molecule has 1 aromatic heterocycles. The number of nitrogens with zero attached hydrogens (tertiary/aromatic N) is 2. The van der Waals surface area contributed by atoms with E-state index in [1.54, 1.807) is 19.1 Å². The number of carboxylic acids is 1. The Morgan fingerprint density at radius 1 is 1.38 bits per heavy atom. The molecule has 110 valence electrons. The minimum atomic E-state index is -1.25. The first-order chi connectivity index (χ1) is 10.0. The number of aryl methyl sites for hydroxylation is 1. The van der Waals surface area contributed by atoms with E-state index >= 15 is 0 Å². The van der Waals surface area contributed by atoms with Gasteiger partial charge in [-0.15, -0.1) is 0 Å². The summed E-state index contributed by atoms with van der Waals surface area (Å²) in [7, 11) is 1.53. The minimum Gasteiger partial charge on any atom is -0.545 e. The van der Waals surface area contributed by atoms with Gasteiger partial charge in [-0.3, -0.25) is 4.79 Å². The first kappa shape index (κ1) is 14.6. The lowest BCUT2D eigenvalue weighted by Crippen LogP contribution is -2.23. The molecule has 0 unspecified atom stereocenters. The highest BCUT2D eigenvalue weighted by molar-refractivity contribution is 5.86. The van der Waals surface area contributed by atoms with Gasteiger partial charge in [-0.05, 0) is 24.6 Å². The van der Waals surface area contributed by atoms with Gasteiger partial charge in [0.25, 0.3) is 5.56 Å². The van der Waals surface area contributed by atoms with Crippen LogP contribution in [-0.4, -0.2) is 22.4 Å². The number of nitrogens with one attached hydrogen (secondary N) is 1. The van der Waals surface area contributed by atoms with E-state index in [-0.39, 0.29) is 16.8 Å². The molecule has 7 nitrogen and oxygen atoms in total. The third-order valence-corrected chi connectivity index (χ3v) is 2.79. The number of hydrogen-bond acceptors (Lipinski definition) is 6. The van der Waals surface area contributed by atoms with Crippen LogP contribution in [0.15, 0.2) is 35.3 Å². The van der Waals surface area contributed by atoms with Crippen LogP contribution in [0.5, 0.6) is 5.75 Å². The summed E-state index contributed by atoms with van der Waals surface area (Å²) in [6.45, 7) is 2.20. The Kier molecular flexibility index (Phi) is 4.22. The fourth-order valence-electron chi connectivity index (χ4n) is 1.74. The molecule has 0 aliphatic rings. The van der Waals surface area contributed by atoms with Gasteiger partial charge < -0.3 is 20.0 Å². The highest BCUT2D eigenvalue weighted by Gasteiger charge is 2.11. The molecule has 0 aliphatic carbocycles. The van der Waals surface area contributed by atoms with E-state index < -0.39 is 5.97 Å². The second kappa shape index (κ2) is 6.08. The van der Waals surface area contributed by atoms with Crippen molar-refractivity contribution in [2.45, 2.75) is 6.92 Å². The number of aromatic carboxylic acids is 1. The van der Waals surface area contributed by atoms with Crippen molar-refractivity contribution in [3.63, 3.8) is 0 Å². The van der Waals surface area contributed by atoms with Crippen LogP contribution in [0.3, 0.4) is 0 Å². The molecule has 0 atom stereocenters. The van der Waals surface area contributed by atoms with E-state index in [4.69, 9.17) is 4.74 Å². The normalized spacial score (nSPS) is 10.2. The molecule has 1 aromatic carbocycles. The molecule has 0 saturated carbocycles. The van der Waals surface area contributed by atoms with E-state index in [2.05, 4.69) is 10.4 Å². The van der Waals surface area contributed by atoms with Gasteiger partial charge in [-0.1, -0.05) is 12.1 Å². The van der Waals surface area contributed by atoms with Crippen LogP contribution in [0.2, 0.25) is 0 Å². The van der Waals surface area contributed by atoms with Crippen LogP contribution in [0.1, 0.15) is 17.3 Å². The summed E-state index contributed by atoms with van der Waals surface area (Å²) in [6, 6.07) is 5.87. The number of rotatable bonds is 5. The molecule has 7 heteroatoms. The standard InChI is InChI=1S/C14H15N3O4/c1-3-21-11-8-15-17(2)13(18)12(11)16-10-6-4-9(5-7-10)14(19)20/h4-8,16H,3H2,1-2H3,(H,19,20)/p-1. The van der Waals surface area contributed by atoms with E-state index in [1.807, 2.05) is 0 Å². The molecular formula is C14H14N3O4-. The van der Waals surface area contributed by atoms with Crippen LogP contribution in [-0.2, 0) is 7.05 Å². The molecule has 1 N–H and O–H groups in total. The molecule has 0 fully saturated rings. The van der Waals surface area contributed by atoms with E-state index in [0.717, 1.165) is 0 Å². The molecule has 0 radical (unpaired) electrons. The maximum absolute atomic E-state index is 12.1. The average Bonchev–Trinajstić information content (AvgIpc) is 2.47. The first-order valence-electron chi connectivity index (χ1n) is 6.30. The lowest BCUT2D eigenvalue weighted by atomic mass is 10.2. The van der Waals surface area contributed by atoms with Gasteiger partial charge >= 0.3 is 0 Å². The van der Waals surface area contributed by atoms with Crippen molar-refractivity contribution >= 4 is 17.3 Å². The van der Waals surface area contributed by atoms with Crippen molar-refractivity contribution in [3.8, 4) is 5.75 Å². The Morgan fingerprint density at radius 2 is 2.05 bits per heavy atom. The first-order valence-corrected chi connectivity index (χ1v) is 6.30. The largest absolute Gasteiger partial charge is 0.545 e. The summed E-state index contributed by atoms with van der Waals surface area (Å²) in [6.07, 6.45) is 1.45. The summed E-state index contributed by atoms with van der Waals surface area (Å²) in [5.41, 5.74) is 0.526. The fraction of sp³-hybridized carbons (Fsp3) is 0.214. The highest BCUT2D eigenvalue weighted by Crippen LogP contribution is 2.23. The molecule has 2 rings (SSSR count). The maximum Gasteiger partial charge on any atom is 0.294 e. The smallest absolute Gasteiger partial charge is 0.294 e. The summed E-state index contributed by atoms with van der Waals surface area (Å²) >= 11 is 0. The van der Waals surface area contributed by atoms with Gasteiger partial charge in [0.05, 0.1) is 18.8 Å². The molecule has 0 amide bonds. The van der Waals surface area contributed by atoms with Crippen LogP contribution in [0, 0.1) is 0 Å². The number of carbonyl (C=O) groups is 1. The quantitative estimate of drug-likeness (QED) is 0.849. The molecule has 0 aliphatic heterocycles. The van der Waals surface area contributed by atoms with Crippen LogP contribution in [0.25, 0.3) is 0 Å². The van der Waals surface area contributed by atoms with Crippen molar-refractivity contribution in [1.82, 2.24) is 9.78 Å². The lowest BCUT2D eigenvalue weighted by molar-refractivity contribution is -0.255. The Hall–Kier alpha value is -2.83. The number of aromatic nitrogens is 2. The van der Waals surface area contributed by atoms with Crippen molar-refractivity contribution in [1.29, 1.82) is 0 Å². The Labute approximate surface area is 120 Å². The second-order valence-corrected chi connectivity index (χ2v) is 4.24. The summed E-state index contributed by atoms with van der Waals surface area (Å²) < 4.78 is 6.55. The summed E-state index contributed by atoms with van der Waals surface area (Å²) in [4.78, 5) is 22.8. The van der Waals surface area contributed by atoms with Crippen LogP contribution >= 0.6 is 0 Å². The van der Waals surface area contributed by atoms with Crippen molar-refractivity contribution in [2.75, 3.05) is 11.9 Å². The number of carboxylic acid groups (broad SMARTS) is 1. The number of ether oxygens (including phenoxy) is 1. The van der Waals surface area contributed by atoms with Gasteiger partial charge in [0, 0.05) is 12.7 Å². The SMILES string of the molecule is CCOc1cnn(C)c(=O)c1Nc1ccc(C(=O)[O-])cc1. The zero-order valence-electron chi connectivity index (χ0n) is 11.6. The Bertz CT molecular complexity index is 707. The zero-order chi connectivity index (χ0) is 15.4. The molecular weight excluding hydrogens is 274 g/mol. The molecule has 21 heavy (non-hydrogen) atoms. The van der Waals surface area contributed by atoms with Crippen LogP contribution < -0.4 is 20.7 Å². The highest BCUT2D eigenvalue weighted by atomic mass is 16.5. The predicted octanol–water partition coefficient (Wildman–Crippen LogP) is 0.286. The molecule has 0 bridgehead atoms. The second-order valence-electron chi connectivity index (χ2n) is 4.24. The summed E-state index contributed by atoms with van der Waals surface area (Å²) in [5.74, 6) is -0.916. The topological polar surface area (TPSA) is 96.3 Å². The Balaban J connectivity index is 2.36. The fourth-order valence-corrected chi connectivity index (χ4v) is 1.74. The van der Waals surface area contributed by atoms with Gasteiger partial charge in [0.1, 0.15) is 0 Å². The Morgan fingerprint density at radius 3 is 2.62 bits per heavy atom. The third kappa shape index (κ3) is 3.19. The lowest BCUT2D eigenvalue weighted by Gasteiger charge is -2.12. The zero-order valence-corrected chi connectivity index (χ0v) is 11.6. The third-order valence-electron chi connectivity index (χ3n) is 2.79. The van der Waals surface area contributed by atoms with E-state index in [9.17, 15) is 14.7 Å².